The molecule has 154 valence electrons. The number of aliphatic hydroxyl groups is 1. The minimum atomic E-state index is -0.190. The SMILES string of the molecule is O=C(NCCO)c1ccc(-c2cc3nccc(Nc4ccc5[nH]ccc5c4)c3s2)cc1. The molecule has 0 radical (unpaired) electrons. The van der Waals surface area contributed by atoms with E-state index in [1.54, 1.807) is 23.5 Å². The number of hydrogen-bond donors (Lipinski definition) is 4. The number of nitrogens with one attached hydrogen (secondary N) is 3. The van der Waals surface area contributed by atoms with E-state index in [1.165, 1.54) is 0 Å². The molecular formula is C24H20N4O2S. The number of nitrogens with zero attached hydrogens (tertiary/aromatic N) is 1. The molecule has 31 heavy (non-hydrogen) atoms. The first kappa shape index (κ1) is 19.3. The van der Waals surface area contributed by atoms with Crippen LogP contribution in [0, 0.1) is 0 Å². The van der Waals surface area contributed by atoms with Gasteiger partial charge in [-0.05, 0) is 54.1 Å². The van der Waals surface area contributed by atoms with Crippen LogP contribution in [0.4, 0.5) is 11.4 Å². The number of rotatable bonds is 6. The van der Waals surface area contributed by atoms with Crippen molar-refractivity contribution in [2.24, 2.45) is 0 Å². The summed E-state index contributed by atoms with van der Waals surface area (Å²) in [4.78, 5) is 20.9. The van der Waals surface area contributed by atoms with Gasteiger partial charge in [0.25, 0.3) is 5.91 Å². The molecule has 1 amide bonds. The number of fused-ring (bicyclic) bond motifs is 2. The second kappa shape index (κ2) is 8.22. The molecule has 0 unspecified atom stereocenters. The summed E-state index contributed by atoms with van der Waals surface area (Å²) < 4.78 is 1.08. The Balaban J connectivity index is 1.43. The van der Waals surface area contributed by atoms with E-state index in [2.05, 4.69) is 50.9 Å². The van der Waals surface area contributed by atoms with E-state index in [1.807, 2.05) is 30.6 Å². The molecule has 3 aromatic heterocycles. The predicted octanol–water partition coefficient (Wildman–Crippen LogP) is 4.91. The third-order valence-corrected chi connectivity index (χ3v) is 6.28. The lowest BCUT2D eigenvalue weighted by molar-refractivity contribution is 0.0945. The number of pyridine rings is 1. The highest BCUT2D eigenvalue weighted by molar-refractivity contribution is 7.22. The molecule has 0 aliphatic carbocycles. The fourth-order valence-electron chi connectivity index (χ4n) is 3.52. The molecule has 0 saturated heterocycles. The van der Waals surface area contributed by atoms with E-state index >= 15 is 0 Å². The zero-order chi connectivity index (χ0) is 21.2. The number of aromatic amines is 1. The van der Waals surface area contributed by atoms with Crippen LogP contribution < -0.4 is 10.6 Å². The van der Waals surface area contributed by atoms with E-state index in [0.29, 0.717) is 5.56 Å². The summed E-state index contributed by atoms with van der Waals surface area (Å²) in [5.74, 6) is -0.190. The first-order chi connectivity index (χ1) is 15.2. The first-order valence-electron chi connectivity index (χ1n) is 9.93. The molecule has 5 rings (SSSR count). The van der Waals surface area contributed by atoms with Crippen LogP contribution in [0.3, 0.4) is 0 Å². The molecule has 0 fully saturated rings. The largest absolute Gasteiger partial charge is 0.395 e. The number of thiophene rings is 1. The third kappa shape index (κ3) is 3.88. The maximum Gasteiger partial charge on any atom is 0.251 e. The van der Waals surface area contributed by atoms with Crippen LogP contribution in [0.15, 0.2) is 73.1 Å². The molecule has 0 saturated carbocycles. The second-order valence-corrected chi connectivity index (χ2v) is 8.20. The van der Waals surface area contributed by atoms with Crippen LogP contribution >= 0.6 is 11.3 Å². The molecule has 7 heteroatoms. The molecule has 3 heterocycles. The number of carbonyl (C=O) groups excluding carboxylic acids is 1. The van der Waals surface area contributed by atoms with Gasteiger partial charge >= 0.3 is 0 Å². The highest BCUT2D eigenvalue weighted by atomic mass is 32.1. The van der Waals surface area contributed by atoms with Crippen molar-refractivity contribution in [1.82, 2.24) is 15.3 Å². The Labute approximate surface area is 182 Å². The van der Waals surface area contributed by atoms with Crippen molar-refractivity contribution >= 4 is 49.7 Å². The van der Waals surface area contributed by atoms with Gasteiger partial charge in [-0.25, -0.2) is 0 Å². The van der Waals surface area contributed by atoms with Crippen LogP contribution in [0.5, 0.6) is 0 Å². The van der Waals surface area contributed by atoms with Gasteiger partial charge < -0.3 is 20.7 Å². The Hall–Kier alpha value is -3.68. The third-order valence-electron chi connectivity index (χ3n) is 5.07. The van der Waals surface area contributed by atoms with Crippen molar-refractivity contribution in [2.75, 3.05) is 18.5 Å². The standard InChI is InChI=1S/C24H20N4O2S/c29-12-11-27-24(30)16-3-1-15(2-4-16)22-14-21-23(31-22)20(8-10-26-21)28-18-5-6-19-17(13-18)7-9-25-19/h1-10,13-14,25,29H,11-12H2,(H,26,28)(H,27,30). The zero-order valence-corrected chi connectivity index (χ0v) is 17.4. The van der Waals surface area contributed by atoms with E-state index in [4.69, 9.17) is 5.11 Å². The number of benzene rings is 2. The fourth-order valence-corrected chi connectivity index (χ4v) is 4.61. The number of hydrogen-bond acceptors (Lipinski definition) is 5. The van der Waals surface area contributed by atoms with Crippen molar-refractivity contribution in [1.29, 1.82) is 0 Å². The van der Waals surface area contributed by atoms with Gasteiger partial charge in [0.2, 0.25) is 0 Å². The summed E-state index contributed by atoms with van der Waals surface area (Å²) in [5.41, 5.74) is 5.67. The minimum Gasteiger partial charge on any atom is -0.395 e. The Kier molecular flexibility index (Phi) is 5.11. The smallest absolute Gasteiger partial charge is 0.251 e. The topological polar surface area (TPSA) is 90.0 Å². The predicted molar refractivity (Wildman–Crippen MR) is 126 cm³/mol. The molecule has 0 aliphatic rings. The second-order valence-electron chi connectivity index (χ2n) is 7.15. The molecule has 6 nitrogen and oxygen atoms in total. The van der Waals surface area contributed by atoms with Gasteiger partial charge in [-0.2, -0.15) is 0 Å². The van der Waals surface area contributed by atoms with E-state index in [9.17, 15) is 4.79 Å². The Morgan fingerprint density at radius 2 is 1.94 bits per heavy atom. The maximum absolute atomic E-state index is 12.0. The van der Waals surface area contributed by atoms with Crippen LogP contribution in [0.1, 0.15) is 10.4 Å². The van der Waals surface area contributed by atoms with Gasteiger partial charge in [0.1, 0.15) is 0 Å². The molecule has 0 bridgehead atoms. The van der Waals surface area contributed by atoms with Crippen molar-refractivity contribution < 1.29 is 9.90 Å². The van der Waals surface area contributed by atoms with E-state index in [-0.39, 0.29) is 19.1 Å². The lowest BCUT2D eigenvalue weighted by Gasteiger charge is -2.07. The number of aliphatic hydroxyl groups excluding tert-OH is 1. The minimum absolute atomic E-state index is 0.0754. The molecule has 4 N–H and O–H groups in total. The van der Waals surface area contributed by atoms with Crippen LogP contribution in [-0.4, -0.2) is 34.1 Å². The summed E-state index contributed by atoms with van der Waals surface area (Å²) in [6, 6.07) is 19.8. The van der Waals surface area contributed by atoms with Crippen molar-refractivity contribution in [3.63, 3.8) is 0 Å². The summed E-state index contributed by atoms with van der Waals surface area (Å²) in [7, 11) is 0. The lowest BCUT2D eigenvalue weighted by atomic mass is 10.1. The number of anilines is 2. The van der Waals surface area contributed by atoms with E-state index < -0.39 is 0 Å². The Morgan fingerprint density at radius 1 is 1.06 bits per heavy atom. The van der Waals surface area contributed by atoms with Gasteiger partial charge in [0.05, 0.1) is 22.5 Å². The lowest BCUT2D eigenvalue weighted by Crippen LogP contribution is -2.26. The van der Waals surface area contributed by atoms with Crippen LogP contribution in [0.25, 0.3) is 31.6 Å². The highest BCUT2D eigenvalue weighted by Crippen LogP contribution is 2.37. The fraction of sp³-hybridized carbons (Fsp3) is 0.0833. The van der Waals surface area contributed by atoms with E-state index in [0.717, 1.165) is 42.9 Å². The normalized spacial score (nSPS) is 11.1. The Morgan fingerprint density at radius 3 is 2.77 bits per heavy atom. The van der Waals surface area contributed by atoms with Gasteiger partial charge in [0, 0.05) is 46.0 Å². The van der Waals surface area contributed by atoms with Crippen molar-refractivity contribution in [3.05, 3.63) is 78.6 Å². The van der Waals surface area contributed by atoms with Gasteiger partial charge in [-0.1, -0.05) is 12.1 Å². The number of H-pyrrole nitrogens is 1. The number of amides is 1. The number of aromatic nitrogens is 2. The quantitative estimate of drug-likeness (QED) is 0.309. The average Bonchev–Trinajstić information content (AvgIpc) is 3.45. The molecule has 5 aromatic rings. The molecule has 0 atom stereocenters. The summed E-state index contributed by atoms with van der Waals surface area (Å²) in [5, 5.41) is 16.2. The average molecular weight is 429 g/mol. The van der Waals surface area contributed by atoms with Gasteiger partial charge in [-0.15, -0.1) is 11.3 Å². The maximum atomic E-state index is 12.0. The summed E-state index contributed by atoms with van der Waals surface area (Å²) >= 11 is 1.66. The first-order valence-corrected chi connectivity index (χ1v) is 10.7. The summed E-state index contributed by atoms with van der Waals surface area (Å²) in [6.07, 6.45) is 3.75. The monoisotopic (exact) mass is 428 g/mol. The van der Waals surface area contributed by atoms with Crippen molar-refractivity contribution in [3.8, 4) is 10.4 Å². The molecular weight excluding hydrogens is 408 g/mol. The highest BCUT2D eigenvalue weighted by Gasteiger charge is 2.11. The van der Waals surface area contributed by atoms with Gasteiger partial charge in [0.15, 0.2) is 0 Å². The zero-order valence-electron chi connectivity index (χ0n) is 16.6. The van der Waals surface area contributed by atoms with Gasteiger partial charge in [-0.3, -0.25) is 9.78 Å². The van der Waals surface area contributed by atoms with Crippen LogP contribution in [0.2, 0.25) is 0 Å². The number of carbonyl (C=O) groups is 1. The van der Waals surface area contributed by atoms with Crippen molar-refractivity contribution in [2.45, 2.75) is 0 Å². The molecule has 0 spiro atoms. The molecule has 0 aliphatic heterocycles. The molecule has 2 aromatic carbocycles. The van der Waals surface area contributed by atoms with Crippen LogP contribution in [-0.2, 0) is 0 Å². The summed E-state index contributed by atoms with van der Waals surface area (Å²) in [6.45, 7) is 0.170. The Bertz CT molecular complexity index is 1370.